The summed E-state index contributed by atoms with van der Waals surface area (Å²) in [7, 11) is 0. The zero-order chi connectivity index (χ0) is 39.9. The van der Waals surface area contributed by atoms with Crippen molar-refractivity contribution in [1.29, 1.82) is 0 Å². The third-order valence-electron chi connectivity index (χ3n) is 13.7. The maximum absolute atomic E-state index is 5.72. The van der Waals surface area contributed by atoms with Crippen molar-refractivity contribution >= 4 is 151 Å². The highest BCUT2D eigenvalue weighted by Gasteiger charge is 2.33. The number of thiophene rings is 2. The molecule has 0 bridgehead atoms. The van der Waals surface area contributed by atoms with Crippen molar-refractivity contribution < 1.29 is 0 Å². The van der Waals surface area contributed by atoms with Gasteiger partial charge < -0.3 is 0 Å². The predicted molar refractivity (Wildman–Crippen MR) is 256 cm³/mol. The van der Waals surface area contributed by atoms with E-state index < -0.39 is 0 Å². The van der Waals surface area contributed by atoms with Gasteiger partial charge in [0.1, 0.15) is 11.0 Å². The molecule has 8 heterocycles. The van der Waals surface area contributed by atoms with Gasteiger partial charge in [-0.25, -0.2) is 9.97 Å². The molecule has 15 aromatic rings. The summed E-state index contributed by atoms with van der Waals surface area (Å²) in [6, 6.07) is 41.2. The second-order valence-electron chi connectivity index (χ2n) is 19.1. The lowest BCUT2D eigenvalue weighted by Gasteiger charge is -2.19. The molecule has 0 fully saturated rings. The lowest BCUT2D eigenvalue weighted by molar-refractivity contribution is 0.591. The number of imidazole rings is 4. The number of hydrogen-bond acceptors (Lipinski definition) is 4. The highest BCUT2D eigenvalue weighted by Crippen LogP contribution is 2.51. The molecule has 0 saturated carbocycles. The molecule has 15 rings (SSSR count). The third-order valence-corrected chi connectivity index (χ3v) is 16.0. The number of nitrogens with zero attached hydrogens (tertiary/aromatic N) is 6. The minimum atomic E-state index is -0.0322. The van der Waals surface area contributed by atoms with Crippen LogP contribution in [0.3, 0.4) is 0 Å². The Morgan fingerprint density at radius 2 is 0.767 bits per heavy atom. The molecule has 0 aliphatic carbocycles. The van der Waals surface area contributed by atoms with Crippen LogP contribution in [-0.2, 0) is 10.8 Å². The Bertz CT molecular complexity index is 4150. The first-order valence-corrected chi connectivity index (χ1v) is 22.5. The van der Waals surface area contributed by atoms with E-state index in [1.54, 1.807) is 0 Å². The molecule has 0 saturated heterocycles. The average Bonchev–Trinajstić information content (AvgIpc) is 4.09. The smallest absolute Gasteiger partial charge is 0.220 e. The predicted octanol–water partition coefficient (Wildman–Crippen LogP) is 14.6. The van der Waals surface area contributed by atoms with Crippen LogP contribution in [0, 0.1) is 0 Å². The van der Waals surface area contributed by atoms with Gasteiger partial charge in [-0.2, -0.15) is 0 Å². The summed E-state index contributed by atoms with van der Waals surface area (Å²) < 4.78 is 15.1. The van der Waals surface area contributed by atoms with Crippen LogP contribution in [0.1, 0.15) is 52.7 Å². The second-order valence-corrected chi connectivity index (χ2v) is 21.3. The lowest BCUT2D eigenvalue weighted by atomic mass is 9.86. The fourth-order valence-electron chi connectivity index (χ4n) is 10.9. The third kappa shape index (κ3) is 3.58. The van der Waals surface area contributed by atoms with Gasteiger partial charge in [-0.05, 0) is 82.6 Å². The van der Waals surface area contributed by atoms with Crippen LogP contribution in [-0.4, -0.2) is 27.6 Å². The van der Waals surface area contributed by atoms with Crippen molar-refractivity contribution in [2.45, 2.75) is 52.4 Å². The van der Waals surface area contributed by atoms with Crippen LogP contribution >= 0.6 is 22.7 Å². The molecule has 0 atom stereocenters. The van der Waals surface area contributed by atoms with Crippen LogP contribution < -0.4 is 0 Å². The maximum Gasteiger partial charge on any atom is 0.220 e. The number of hydrogen-bond donors (Lipinski definition) is 0. The molecule has 0 unspecified atom stereocenters. The van der Waals surface area contributed by atoms with Gasteiger partial charge in [-0.1, -0.05) is 90.1 Å². The summed E-state index contributed by atoms with van der Waals surface area (Å²) in [5.74, 6) is 1.92. The van der Waals surface area contributed by atoms with E-state index in [0.29, 0.717) is 0 Å². The first-order chi connectivity index (χ1) is 29.0. The molecule has 0 amide bonds. The van der Waals surface area contributed by atoms with Gasteiger partial charge in [-0.15, -0.1) is 22.7 Å². The van der Waals surface area contributed by atoms with E-state index in [9.17, 15) is 0 Å². The highest BCUT2D eigenvalue weighted by atomic mass is 32.1. The Morgan fingerprint density at radius 3 is 1.18 bits per heavy atom. The van der Waals surface area contributed by atoms with Gasteiger partial charge in [0.15, 0.2) is 0 Å². The SMILES string of the molecule is CC(C)(C)c1ccc2c(c1)c1c3c(c4c5cc(C(C)(C)C)ccc5n5c4c1n1c4ccc6sc7ccccc7c6c4nc51)n1c4ccc5sc6ccccc6c5c4nc1n23. The van der Waals surface area contributed by atoms with Gasteiger partial charge >= 0.3 is 0 Å². The fraction of sp³-hybridized carbons (Fsp3) is 0.154. The molecule has 8 heteroatoms. The molecule has 0 spiro atoms. The van der Waals surface area contributed by atoms with Crippen LogP contribution in [0.15, 0.2) is 109 Å². The largest absolute Gasteiger partial charge is 0.277 e. The topological polar surface area (TPSA) is 43.4 Å². The van der Waals surface area contributed by atoms with Crippen LogP contribution in [0.5, 0.6) is 0 Å². The van der Waals surface area contributed by atoms with Crippen molar-refractivity contribution in [3.8, 4) is 0 Å². The Balaban J connectivity index is 1.27. The highest BCUT2D eigenvalue weighted by molar-refractivity contribution is 7.26. The van der Waals surface area contributed by atoms with Gasteiger partial charge in [0, 0.05) is 61.9 Å². The van der Waals surface area contributed by atoms with E-state index in [4.69, 9.17) is 9.97 Å². The van der Waals surface area contributed by atoms with E-state index in [0.717, 1.165) is 33.6 Å². The van der Waals surface area contributed by atoms with Crippen molar-refractivity contribution in [2.24, 2.45) is 0 Å². The second kappa shape index (κ2) is 10.1. The van der Waals surface area contributed by atoms with E-state index in [2.05, 4.69) is 168 Å². The first-order valence-electron chi connectivity index (χ1n) is 20.8. The zero-order valence-electron chi connectivity index (χ0n) is 33.9. The van der Waals surface area contributed by atoms with Gasteiger partial charge in [-0.3, -0.25) is 17.6 Å². The number of rotatable bonds is 0. The first kappa shape index (κ1) is 32.4. The van der Waals surface area contributed by atoms with E-state index in [-0.39, 0.29) is 10.8 Å². The molecule has 60 heavy (non-hydrogen) atoms. The minimum Gasteiger partial charge on any atom is -0.277 e. The summed E-state index contributed by atoms with van der Waals surface area (Å²) in [5, 5.41) is 10.0. The zero-order valence-corrected chi connectivity index (χ0v) is 35.5. The minimum absolute atomic E-state index is 0.0322. The van der Waals surface area contributed by atoms with Crippen LogP contribution in [0.2, 0.25) is 0 Å². The molecule has 8 aromatic heterocycles. The molecule has 0 aliphatic rings. The van der Waals surface area contributed by atoms with Crippen molar-refractivity contribution in [3.63, 3.8) is 0 Å². The summed E-state index contributed by atoms with van der Waals surface area (Å²) >= 11 is 3.71. The van der Waals surface area contributed by atoms with Gasteiger partial charge in [0.2, 0.25) is 11.6 Å². The molecule has 0 aliphatic heterocycles. The molecular formula is C52H36N6S2. The Hall–Kier alpha value is -6.48. The maximum atomic E-state index is 5.72. The number of fused-ring (bicyclic) bond motifs is 26. The molecule has 6 nitrogen and oxygen atoms in total. The Labute approximate surface area is 349 Å². The summed E-state index contributed by atoms with van der Waals surface area (Å²) in [4.78, 5) is 11.4. The van der Waals surface area contributed by atoms with Crippen LogP contribution in [0.25, 0.3) is 129 Å². The Kier molecular flexibility index (Phi) is 5.45. The van der Waals surface area contributed by atoms with E-state index in [1.807, 2.05) is 22.7 Å². The normalized spacial score (nSPS) is 13.8. The monoisotopic (exact) mass is 808 g/mol. The van der Waals surface area contributed by atoms with E-state index in [1.165, 1.54) is 106 Å². The number of benzene rings is 7. The van der Waals surface area contributed by atoms with Gasteiger partial charge in [0.25, 0.3) is 0 Å². The summed E-state index contributed by atoms with van der Waals surface area (Å²) in [6.45, 7) is 13.9. The Morgan fingerprint density at radius 1 is 0.383 bits per heavy atom. The van der Waals surface area contributed by atoms with Crippen molar-refractivity contribution in [2.75, 3.05) is 0 Å². The van der Waals surface area contributed by atoms with Crippen LogP contribution in [0.4, 0.5) is 0 Å². The molecular weight excluding hydrogens is 773 g/mol. The summed E-state index contributed by atoms with van der Waals surface area (Å²) in [6.07, 6.45) is 0. The molecule has 7 aromatic carbocycles. The van der Waals surface area contributed by atoms with Crippen molar-refractivity contribution in [1.82, 2.24) is 27.6 Å². The van der Waals surface area contributed by atoms with Gasteiger partial charge in [0.05, 0.1) is 44.1 Å². The molecule has 286 valence electrons. The molecule has 0 radical (unpaired) electrons. The lowest BCUT2D eigenvalue weighted by Crippen LogP contribution is -2.10. The number of aromatic nitrogens is 6. The van der Waals surface area contributed by atoms with E-state index >= 15 is 0 Å². The van der Waals surface area contributed by atoms with Crippen molar-refractivity contribution in [3.05, 3.63) is 120 Å². The summed E-state index contributed by atoms with van der Waals surface area (Å²) in [5.41, 5.74) is 14.2. The molecule has 0 N–H and O–H groups in total. The standard InChI is InChI=1S/C52H36N6S2/c1-51(2,3)25-15-17-31-29(23-25)41-45-48(58-34-20-22-38-40(44(34)53-49(58)55(31)45)28-12-8-10-14-36(28)60-38)42-30-24-26(52(4,5)6)16-18-32(30)56-46(42)47(41)57-33-19-21-37-39(43(33)54-50(56)57)27-11-7-9-13-35(27)59-37/h7-24H,1-6H3. The quantitative estimate of drug-likeness (QED) is 0.153. The fourth-order valence-corrected chi connectivity index (χ4v) is 13.2. The average molecular weight is 809 g/mol.